The van der Waals surface area contributed by atoms with E-state index in [9.17, 15) is 0 Å². The summed E-state index contributed by atoms with van der Waals surface area (Å²) in [6, 6.07) is 6.14. The molecule has 2 rings (SSSR count). The molecule has 1 aromatic heterocycles. The normalized spacial score (nSPS) is 27.3. The van der Waals surface area contributed by atoms with E-state index in [1.165, 1.54) is 30.6 Å². The third kappa shape index (κ3) is 3.09. The average molecular weight is 252 g/mol. The zero-order valence-corrected chi connectivity index (χ0v) is 11.7. The molecule has 0 radical (unpaired) electrons. The van der Waals surface area contributed by atoms with Crippen molar-refractivity contribution in [2.75, 3.05) is 6.54 Å². The van der Waals surface area contributed by atoms with Crippen LogP contribution in [0.15, 0.2) is 17.5 Å². The van der Waals surface area contributed by atoms with Crippen LogP contribution in [0, 0.1) is 0 Å². The van der Waals surface area contributed by atoms with Crippen LogP contribution in [0.2, 0.25) is 0 Å². The second kappa shape index (κ2) is 5.98. The molecule has 0 spiro atoms. The number of hydrogen-bond donors (Lipinski definition) is 1. The number of nitrogens with two attached hydrogens (primary N) is 1. The smallest absolute Gasteiger partial charge is 0.0416 e. The first-order chi connectivity index (χ1) is 8.22. The Morgan fingerprint density at radius 3 is 2.65 bits per heavy atom. The lowest BCUT2D eigenvalue weighted by Gasteiger charge is -2.38. The Bertz CT molecular complexity index is 315. The van der Waals surface area contributed by atoms with Gasteiger partial charge < -0.3 is 5.73 Å². The van der Waals surface area contributed by atoms with E-state index in [4.69, 9.17) is 5.73 Å². The van der Waals surface area contributed by atoms with Gasteiger partial charge in [0.15, 0.2) is 0 Å². The Morgan fingerprint density at radius 1 is 1.41 bits per heavy atom. The van der Waals surface area contributed by atoms with Crippen molar-refractivity contribution in [2.45, 2.75) is 57.7 Å². The maximum atomic E-state index is 5.99. The highest BCUT2D eigenvalue weighted by molar-refractivity contribution is 7.10. The van der Waals surface area contributed by atoms with E-state index in [2.05, 4.69) is 36.3 Å². The predicted octanol–water partition coefficient (Wildman–Crippen LogP) is 3.40. The zero-order chi connectivity index (χ0) is 12.3. The van der Waals surface area contributed by atoms with Gasteiger partial charge in [-0.25, -0.2) is 0 Å². The summed E-state index contributed by atoms with van der Waals surface area (Å²) in [5.41, 5.74) is 5.99. The lowest BCUT2D eigenvalue weighted by Crippen LogP contribution is -2.41. The molecular weight excluding hydrogens is 228 g/mol. The fourth-order valence-electron chi connectivity index (χ4n) is 2.97. The van der Waals surface area contributed by atoms with Gasteiger partial charge in [-0.05, 0) is 50.6 Å². The first-order valence-corrected chi connectivity index (χ1v) is 7.65. The van der Waals surface area contributed by atoms with Crippen molar-refractivity contribution < 1.29 is 0 Å². The molecule has 0 amide bonds. The Labute approximate surface area is 109 Å². The maximum absolute atomic E-state index is 5.99. The Balaban J connectivity index is 2.01. The van der Waals surface area contributed by atoms with Crippen LogP contribution in [0.25, 0.3) is 0 Å². The highest BCUT2D eigenvalue weighted by Crippen LogP contribution is 2.31. The van der Waals surface area contributed by atoms with Crippen LogP contribution in [0.5, 0.6) is 0 Å². The van der Waals surface area contributed by atoms with Crippen LogP contribution in [0.1, 0.15) is 50.4 Å². The molecule has 0 bridgehead atoms. The Morgan fingerprint density at radius 2 is 2.12 bits per heavy atom. The zero-order valence-electron chi connectivity index (χ0n) is 10.9. The number of hydrogen-bond acceptors (Lipinski definition) is 3. The maximum Gasteiger partial charge on any atom is 0.0416 e. The summed E-state index contributed by atoms with van der Waals surface area (Å²) in [6.45, 7) is 5.75. The van der Waals surface area contributed by atoms with Gasteiger partial charge in [0.05, 0.1) is 0 Å². The van der Waals surface area contributed by atoms with Gasteiger partial charge >= 0.3 is 0 Å². The second-order valence-electron chi connectivity index (χ2n) is 5.09. The summed E-state index contributed by atoms with van der Waals surface area (Å²) in [5.74, 6) is 0. The lowest BCUT2D eigenvalue weighted by molar-refractivity contribution is 0.116. The molecule has 1 heterocycles. The van der Waals surface area contributed by atoms with Gasteiger partial charge in [0, 0.05) is 23.0 Å². The monoisotopic (exact) mass is 252 g/mol. The standard InChI is InChI=1S/C14H24N2S/c1-3-16(11(2)14-5-4-10-17-14)13-8-6-12(15)7-9-13/h4-5,10-13H,3,6-9,15H2,1-2H3. The number of thiophene rings is 1. The first-order valence-electron chi connectivity index (χ1n) is 6.77. The molecule has 0 aliphatic heterocycles. The van der Waals surface area contributed by atoms with Crippen molar-refractivity contribution >= 4 is 11.3 Å². The third-order valence-electron chi connectivity index (χ3n) is 4.03. The van der Waals surface area contributed by atoms with E-state index in [1.807, 2.05) is 11.3 Å². The van der Waals surface area contributed by atoms with Crippen LogP contribution < -0.4 is 5.73 Å². The van der Waals surface area contributed by atoms with Gasteiger partial charge in [-0.15, -0.1) is 11.3 Å². The largest absolute Gasteiger partial charge is 0.328 e. The van der Waals surface area contributed by atoms with E-state index in [-0.39, 0.29) is 0 Å². The molecule has 1 aliphatic rings. The van der Waals surface area contributed by atoms with Gasteiger partial charge in [0.1, 0.15) is 0 Å². The first kappa shape index (κ1) is 13.1. The summed E-state index contributed by atoms with van der Waals surface area (Å²) < 4.78 is 0. The molecule has 1 unspecified atom stereocenters. The van der Waals surface area contributed by atoms with Crippen molar-refractivity contribution in [3.63, 3.8) is 0 Å². The summed E-state index contributed by atoms with van der Waals surface area (Å²) in [7, 11) is 0. The van der Waals surface area contributed by atoms with Crippen LogP contribution in [0.3, 0.4) is 0 Å². The molecule has 3 heteroatoms. The van der Waals surface area contributed by atoms with E-state index in [0.29, 0.717) is 12.1 Å². The van der Waals surface area contributed by atoms with Gasteiger partial charge in [-0.2, -0.15) is 0 Å². The molecular formula is C14H24N2S. The fraction of sp³-hybridized carbons (Fsp3) is 0.714. The van der Waals surface area contributed by atoms with Crippen molar-refractivity contribution in [1.29, 1.82) is 0 Å². The molecule has 96 valence electrons. The molecule has 17 heavy (non-hydrogen) atoms. The minimum absolute atomic E-state index is 0.446. The molecule has 1 aromatic rings. The van der Waals surface area contributed by atoms with Crippen molar-refractivity contribution in [3.8, 4) is 0 Å². The topological polar surface area (TPSA) is 29.3 Å². The average Bonchev–Trinajstić information content (AvgIpc) is 2.86. The minimum Gasteiger partial charge on any atom is -0.328 e. The summed E-state index contributed by atoms with van der Waals surface area (Å²) in [4.78, 5) is 4.14. The minimum atomic E-state index is 0.446. The molecule has 1 fully saturated rings. The second-order valence-corrected chi connectivity index (χ2v) is 6.07. The van der Waals surface area contributed by atoms with E-state index >= 15 is 0 Å². The van der Waals surface area contributed by atoms with Crippen LogP contribution >= 0.6 is 11.3 Å². The Hall–Kier alpha value is -0.380. The molecule has 1 atom stereocenters. The van der Waals surface area contributed by atoms with Gasteiger partial charge in [-0.3, -0.25) is 4.90 Å². The summed E-state index contributed by atoms with van der Waals surface area (Å²) >= 11 is 1.87. The third-order valence-corrected chi connectivity index (χ3v) is 5.07. The number of rotatable bonds is 4. The Kier molecular flexibility index (Phi) is 4.60. The van der Waals surface area contributed by atoms with Gasteiger partial charge in [-0.1, -0.05) is 13.0 Å². The molecule has 0 aromatic carbocycles. The SMILES string of the molecule is CCN(C1CCC(N)CC1)C(C)c1cccs1. The fourth-order valence-corrected chi connectivity index (χ4v) is 3.78. The van der Waals surface area contributed by atoms with Crippen molar-refractivity contribution in [2.24, 2.45) is 5.73 Å². The van der Waals surface area contributed by atoms with E-state index in [0.717, 1.165) is 12.6 Å². The van der Waals surface area contributed by atoms with Crippen LogP contribution in [-0.4, -0.2) is 23.5 Å². The van der Waals surface area contributed by atoms with Crippen molar-refractivity contribution in [1.82, 2.24) is 4.90 Å². The van der Waals surface area contributed by atoms with Gasteiger partial charge in [0.25, 0.3) is 0 Å². The molecule has 2 N–H and O–H groups in total. The van der Waals surface area contributed by atoms with Crippen LogP contribution in [0.4, 0.5) is 0 Å². The molecule has 0 saturated heterocycles. The highest BCUT2D eigenvalue weighted by Gasteiger charge is 2.27. The van der Waals surface area contributed by atoms with Gasteiger partial charge in [0.2, 0.25) is 0 Å². The highest BCUT2D eigenvalue weighted by atomic mass is 32.1. The van der Waals surface area contributed by atoms with Crippen LogP contribution in [-0.2, 0) is 0 Å². The summed E-state index contributed by atoms with van der Waals surface area (Å²) in [5, 5.41) is 2.18. The lowest BCUT2D eigenvalue weighted by atomic mass is 9.90. The van der Waals surface area contributed by atoms with E-state index in [1.54, 1.807) is 0 Å². The molecule has 1 aliphatic carbocycles. The number of nitrogens with zero attached hydrogens (tertiary/aromatic N) is 1. The predicted molar refractivity (Wildman–Crippen MR) is 75.3 cm³/mol. The molecule has 1 saturated carbocycles. The molecule has 2 nitrogen and oxygen atoms in total. The van der Waals surface area contributed by atoms with E-state index < -0.39 is 0 Å². The summed E-state index contributed by atoms with van der Waals surface area (Å²) in [6.07, 6.45) is 4.92. The quantitative estimate of drug-likeness (QED) is 0.890. The van der Waals surface area contributed by atoms with Crippen molar-refractivity contribution in [3.05, 3.63) is 22.4 Å².